The van der Waals surface area contributed by atoms with Crippen molar-refractivity contribution in [2.75, 3.05) is 59.1 Å². The molecule has 0 saturated carbocycles. The Balaban J connectivity index is 1.17. The summed E-state index contributed by atoms with van der Waals surface area (Å²) in [7, 11) is 1.64. The van der Waals surface area contributed by atoms with Crippen LogP contribution in [-0.2, 0) is 30.3 Å². The number of aromatic amines is 1. The van der Waals surface area contributed by atoms with Crippen LogP contribution in [0, 0.1) is 0 Å². The van der Waals surface area contributed by atoms with Gasteiger partial charge >= 0.3 is 0 Å². The number of fused-ring (bicyclic) bond motifs is 2. The fraction of sp³-hybridized carbons (Fsp3) is 0.500. The highest BCUT2D eigenvalue weighted by atomic mass is 16.6. The van der Waals surface area contributed by atoms with Crippen LogP contribution in [-0.4, -0.2) is 89.0 Å². The van der Waals surface area contributed by atoms with E-state index in [1.54, 1.807) is 19.2 Å². The predicted octanol–water partition coefficient (Wildman–Crippen LogP) is 3.48. The SMILES string of the molecule is COCCOCCOCCOCCC(=O)CCCCCn1nc(-c2cc3cc(O)ccc3[nH]2)c2c(N)ncnc21. The number of hydrogen-bond donors (Lipinski definition) is 3. The number of nitrogens with two attached hydrogens (primary N) is 1. The quantitative estimate of drug-likeness (QED) is 0.146. The number of unbranched alkanes of at least 4 members (excludes halogenated alkanes) is 2. The molecule has 0 aliphatic heterocycles. The van der Waals surface area contributed by atoms with Crippen LogP contribution in [0.4, 0.5) is 5.82 Å². The Morgan fingerprint density at radius 1 is 0.950 bits per heavy atom. The molecule has 0 saturated heterocycles. The molecule has 0 aliphatic rings. The van der Waals surface area contributed by atoms with Crippen molar-refractivity contribution in [3.63, 3.8) is 0 Å². The number of hydrogen-bond acceptors (Lipinski definition) is 10. The molecule has 0 fully saturated rings. The summed E-state index contributed by atoms with van der Waals surface area (Å²) in [5.41, 5.74) is 9.21. The summed E-state index contributed by atoms with van der Waals surface area (Å²) in [6.45, 7) is 4.15. The average Bonchev–Trinajstić information content (AvgIpc) is 3.53. The van der Waals surface area contributed by atoms with Gasteiger partial charge in [-0.2, -0.15) is 5.10 Å². The number of anilines is 1. The molecule has 0 unspecified atom stereocenters. The number of phenols is 1. The monoisotopic (exact) mass is 554 g/mol. The van der Waals surface area contributed by atoms with E-state index < -0.39 is 0 Å². The minimum atomic E-state index is 0.198. The Hall–Kier alpha value is -3.58. The number of carbonyl (C=O) groups is 1. The fourth-order valence-electron chi connectivity index (χ4n) is 4.38. The van der Waals surface area contributed by atoms with Gasteiger partial charge in [0.25, 0.3) is 0 Å². The summed E-state index contributed by atoms with van der Waals surface area (Å²) in [5.74, 6) is 0.757. The zero-order valence-corrected chi connectivity index (χ0v) is 22.9. The lowest BCUT2D eigenvalue weighted by atomic mass is 10.1. The first kappa shape index (κ1) is 29.4. The first-order valence-electron chi connectivity index (χ1n) is 13.6. The van der Waals surface area contributed by atoms with Crippen molar-refractivity contribution < 1.29 is 28.8 Å². The molecular weight excluding hydrogens is 516 g/mol. The molecule has 216 valence electrons. The van der Waals surface area contributed by atoms with E-state index in [9.17, 15) is 9.90 Å². The number of nitrogens with zero attached hydrogens (tertiary/aromatic N) is 4. The Labute approximate surface area is 232 Å². The number of ketones is 1. The van der Waals surface area contributed by atoms with E-state index in [-0.39, 0.29) is 11.5 Å². The van der Waals surface area contributed by atoms with Crippen LogP contribution < -0.4 is 5.73 Å². The van der Waals surface area contributed by atoms with E-state index in [4.69, 9.17) is 29.8 Å². The summed E-state index contributed by atoms with van der Waals surface area (Å²) < 4.78 is 23.0. The lowest BCUT2D eigenvalue weighted by molar-refractivity contribution is -0.120. The van der Waals surface area contributed by atoms with Gasteiger partial charge in [-0.15, -0.1) is 0 Å². The number of methoxy groups -OCH3 is 1. The number of aromatic hydroxyl groups is 1. The summed E-state index contributed by atoms with van der Waals surface area (Å²) in [4.78, 5) is 24.1. The van der Waals surface area contributed by atoms with Crippen LogP contribution >= 0.6 is 0 Å². The van der Waals surface area contributed by atoms with E-state index in [0.717, 1.165) is 35.9 Å². The molecule has 0 bridgehead atoms. The van der Waals surface area contributed by atoms with Crippen LogP contribution in [0.3, 0.4) is 0 Å². The Kier molecular flexibility index (Phi) is 11.2. The molecule has 0 atom stereocenters. The van der Waals surface area contributed by atoms with Crippen molar-refractivity contribution in [2.24, 2.45) is 0 Å². The second-order valence-corrected chi connectivity index (χ2v) is 9.41. The van der Waals surface area contributed by atoms with E-state index >= 15 is 0 Å². The highest BCUT2D eigenvalue weighted by Gasteiger charge is 2.18. The number of aromatic nitrogens is 5. The smallest absolute Gasteiger partial charge is 0.164 e. The maximum Gasteiger partial charge on any atom is 0.164 e. The van der Waals surface area contributed by atoms with Crippen LogP contribution in [0.2, 0.25) is 0 Å². The standard InChI is InChI=1S/C28H38N6O6/c1-37-11-12-39-15-16-40-14-13-38-10-8-21(35)5-3-2-4-9-34-28-25(27(29)30-19-31-28)26(33-34)24-18-20-17-22(36)6-7-23(20)32-24/h6-7,17-19,32,36H,2-5,8-16H2,1H3,(H2,29,30,31). The number of aryl methyl sites for hydroxylation is 1. The van der Waals surface area contributed by atoms with Crippen molar-refractivity contribution in [1.82, 2.24) is 24.7 Å². The van der Waals surface area contributed by atoms with Crippen LogP contribution in [0.25, 0.3) is 33.3 Å². The van der Waals surface area contributed by atoms with Crippen molar-refractivity contribution in [2.45, 2.75) is 38.6 Å². The van der Waals surface area contributed by atoms with Gasteiger partial charge in [0.1, 0.15) is 29.4 Å². The molecule has 3 aromatic heterocycles. The van der Waals surface area contributed by atoms with Gasteiger partial charge in [-0.1, -0.05) is 6.42 Å². The summed E-state index contributed by atoms with van der Waals surface area (Å²) >= 11 is 0. The third kappa shape index (κ3) is 8.21. The number of nitrogens with one attached hydrogen (secondary N) is 1. The van der Waals surface area contributed by atoms with E-state index in [0.29, 0.717) is 88.2 Å². The molecule has 4 N–H and O–H groups in total. The predicted molar refractivity (Wildman–Crippen MR) is 151 cm³/mol. The second-order valence-electron chi connectivity index (χ2n) is 9.41. The second kappa shape index (κ2) is 15.3. The van der Waals surface area contributed by atoms with Crippen molar-refractivity contribution in [1.29, 1.82) is 0 Å². The number of H-pyrrole nitrogens is 1. The molecule has 0 amide bonds. The summed E-state index contributed by atoms with van der Waals surface area (Å²) in [6.07, 6.45) is 4.91. The van der Waals surface area contributed by atoms with Crippen LogP contribution in [0.5, 0.6) is 5.75 Å². The van der Waals surface area contributed by atoms with Gasteiger partial charge in [0.2, 0.25) is 0 Å². The zero-order valence-electron chi connectivity index (χ0n) is 22.9. The molecule has 0 aliphatic carbocycles. The largest absolute Gasteiger partial charge is 0.508 e. The van der Waals surface area contributed by atoms with Crippen molar-refractivity contribution >= 4 is 33.5 Å². The number of ether oxygens (including phenoxy) is 4. The summed E-state index contributed by atoms with van der Waals surface area (Å²) in [6, 6.07) is 7.07. The number of rotatable bonds is 19. The number of benzene rings is 1. The lowest BCUT2D eigenvalue weighted by Gasteiger charge is -2.07. The van der Waals surface area contributed by atoms with Gasteiger partial charge in [-0.25, -0.2) is 14.6 Å². The number of nitrogen functional groups attached to an aromatic ring is 1. The minimum absolute atomic E-state index is 0.198. The van der Waals surface area contributed by atoms with Crippen LogP contribution in [0.15, 0.2) is 30.6 Å². The average molecular weight is 555 g/mol. The topological polar surface area (TPSA) is 160 Å². The lowest BCUT2D eigenvalue weighted by Crippen LogP contribution is -2.12. The zero-order chi connectivity index (χ0) is 28.2. The minimum Gasteiger partial charge on any atom is -0.508 e. The molecule has 0 spiro atoms. The third-order valence-corrected chi connectivity index (χ3v) is 6.44. The Bertz CT molecular complexity index is 1370. The maximum absolute atomic E-state index is 12.2. The molecule has 0 radical (unpaired) electrons. The van der Waals surface area contributed by atoms with Crippen LogP contribution in [0.1, 0.15) is 32.1 Å². The van der Waals surface area contributed by atoms with E-state index in [1.807, 2.05) is 16.8 Å². The molecular formula is C28H38N6O6. The highest BCUT2D eigenvalue weighted by molar-refractivity contribution is 5.99. The van der Waals surface area contributed by atoms with E-state index in [1.165, 1.54) is 6.33 Å². The Morgan fingerprint density at radius 2 is 1.70 bits per heavy atom. The highest BCUT2D eigenvalue weighted by Crippen LogP contribution is 2.32. The van der Waals surface area contributed by atoms with Crippen molar-refractivity contribution in [3.8, 4) is 17.1 Å². The van der Waals surface area contributed by atoms with Gasteiger partial charge in [0.05, 0.1) is 57.3 Å². The van der Waals surface area contributed by atoms with Crippen molar-refractivity contribution in [3.05, 3.63) is 30.6 Å². The normalized spacial score (nSPS) is 11.6. The maximum atomic E-state index is 12.2. The van der Waals surface area contributed by atoms with Gasteiger partial charge < -0.3 is 34.8 Å². The summed E-state index contributed by atoms with van der Waals surface area (Å²) in [5, 5.41) is 16.2. The van der Waals surface area contributed by atoms with E-state index in [2.05, 4.69) is 15.0 Å². The first-order chi connectivity index (χ1) is 19.6. The van der Waals surface area contributed by atoms with Gasteiger partial charge in [-0.3, -0.25) is 4.79 Å². The molecule has 3 heterocycles. The third-order valence-electron chi connectivity index (χ3n) is 6.44. The number of carbonyl (C=O) groups excluding carboxylic acids is 1. The molecule has 4 rings (SSSR count). The molecule has 1 aromatic carbocycles. The first-order valence-corrected chi connectivity index (χ1v) is 13.6. The molecule has 40 heavy (non-hydrogen) atoms. The van der Waals surface area contributed by atoms with Gasteiger partial charge in [0.15, 0.2) is 5.65 Å². The number of phenolic OH excluding ortho intramolecular Hbond substituents is 1. The molecule has 12 heteroatoms. The molecule has 12 nitrogen and oxygen atoms in total. The number of Topliss-reactive ketones (excluding diaryl/α,β-unsaturated/α-hetero) is 1. The fourth-order valence-corrected chi connectivity index (χ4v) is 4.38. The van der Waals surface area contributed by atoms with Gasteiger partial charge in [0, 0.05) is 37.4 Å². The Morgan fingerprint density at radius 3 is 2.48 bits per heavy atom. The van der Waals surface area contributed by atoms with Gasteiger partial charge in [-0.05, 0) is 37.1 Å². The molecule has 4 aromatic rings.